The van der Waals surface area contributed by atoms with Gasteiger partial charge in [0, 0.05) is 30.1 Å². The molecule has 1 fully saturated rings. The molecule has 1 unspecified atom stereocenters. The number of benzene rings is 1. The molecular weight excluding hydrogens is 308 g/mol. The average molecular weight is 330 g/mol. The summed E-state index contributed by atoms with van der Waals surface area (Å²) in [6, 6.07) is 10.7. The van der Waals surface area contributed by atoms with E-state index in [0.717, 1.165) is 25.1 Å². The summed E-state index contributed by atoms with van der Waals surface area (Å²) < 4.78 is 0. The Morgan fingerprint density at radius 2 is 2.26 bits per heavy atom. The van der Waals surface area contributed by atoms with E-state index < -0.39 is 0 Å². The van der Waals surface area contributed by atoms with Crippen LogP contribution in [-0.2, 0) is 4.79 Å². The second-order valence-electron chi connectivity index (χ2n) is 5.89. The highest BCUT2D eigenvalue weighted by molar-refractivity contribution is 7.13. The molecule has 0 radical (unpaired) electrons. The van der Waals surface area contributed by atoms with Gasteiger partial charge < -0.3 is 16.0 Å². The predicted molar refractivity (Wildman–Crippen MR) is 94.7 cm³/mol. The molecule has 1 amide bonds. The van der Waals surface area contributed by atoms with Crippen molar-refractivity contribution in [1.82, 2.24) is 4.98 Å². The van der Waals surface area contributed by atoms with Gasteiger partial charge in [0.25, 0.3) is 0 Å². The lowest BCUT2D eigenvalue weighted by molar-refractivity contribution is -0.119. The maximum absolute atomic E-state index is 11.9. The van der Waals surface area contributed by atoms with Crippen molar-refractivity contribution in [3.05, 3.63) is 41.4 Å². The van der Waals surface area contributed by atoms with Gasteiger partial charge in [-0.1, -0.05) is 25.1 Å². The van der Waals surface area contributed by atoms with Crippen LogP contribution >= 0.6 is 11.3 Å². The van der Waals surface area contributed by atoms with E-state index in [1.165, 1.54) is 17.0 Å². The quantitative estimate of drug-likeness (QED) is 0.884. The molecule has 6 heteroatoms. The third-order valence-electron chi connectivity index (χ3n) is 4.24. The van der Waals surface area contributed by atoms with E-state index in [-0.39, 0.29) is 17.9 Å². The summed E-state index contributed by atoms with van der Waals surface area (Å²) in [4.78, 5) is 18.9. The highest BCUT2D eigenvalue weighted by atomic mass is 32.1. The van der Waals surface area contributed by atoms with Gasteiger partial charge >= 0.3 is 0 Å². The zero-order valence-electron chi connectivity index (χ0n) is 13.2. The first-order valence-electron chi connectivity index (χ1n) is 7.97. The number of amides is 1. The van der Waals surface area contributed by atoms with E-state index in [0.29, 0.717) is 11.7 Å². The van der Waals surface area contributed by atoms with Crippen LogP contribution in [0.25, 0.3) is 0 Å². The Morgan fingerprint density at radius 1 is 1.48 bits per heavy atom. The average Bonchev–Trinajstić information content (AvgIpc) is 3.23. The molecule has 23 heavy (non-hydrogen) atoms. The Kier molecular flexibility index (Phi) is 4.93. The van der Waals surface area contributed by atoms with Crippen molar-refractivity contribution in [3.8, 4) is 0 Å². The molecule has 0 spiro atoms. The third kappa shape index (κ3) is 3.54. The van der Waals surface area contributed by atoms with Gasteiger partial charge in [-0.2, -0.15) is 0 Å². The zero-order chi connectivity index (χ0) is 16.2. The van der Waals surface area contributed by atoms with Crippen LogP contribution in [0, 0.1) is 5.92 Å². The molecule has 2 heterocycles. The standard InChI is InChI=1S/C17H22N4OS/c1-12(10-18)16(22)20-17-19-14(11-23-17)15-8-5-9-21(15)13-6-3-2-4-7-13/h2-4,6-7,11-12,15H,5,8-10,18H2,1H3,(H,19,20,22)/t12?,15-/m1/s1. The number of rotatable bonds is 5. The van der Waals surface area contributed by atoms with Crippen molar-refractivity contribution in [2.24, 2.45) is 11.7 Å². The lowest BCUT2D eigenvalue weighted by Crippen LogP contribution is -2.26. The summed E-state index contributed by atoms with van der Waals surface area (Å²) in [6.07, 6.45) is 2.24. The number of anilines is 2. The first kappa shape index (κ1) is 16.0. The van der Waals surface area contributed by atoms with Crippen molar-refractivity contribution in [3.63, 3.8) is 0 Å². The smallest absolute Gasteiger partial charge is 0.230 e. The predicted octanol–water partition coefficient (Wildman–Crippen LogP) is 3.02. The van der Waals surface area contributed by atoms with Crippen molar-refractivity contribution in [2.45, 2.75) is 25.8 Å². The molecule has 122 valence electrons. The number of nitrogens with one attached hydrogen (secondary N) is 1. The lowest BCUT2D eigenvalue weighted by atomic mass is 10.1. The Balaban J connectivity index is 1.73. The number of para-hydroxylation sites is 1. The Labute approximate surface area is 140 Å². The SMILES string of the molecule is CC(CN)C(=O)Nc1nc([C@H]2CCCN2c2ccccc2)cs1. The van der Waals surface area contributed by atoms with Gasteiger partial charge in [-0.3, -0.25) is 4.79 Å². The van der Waals surface area contributed by atoms with E-state index in [1.54, 1.807) is 0 Å². The van der Waals surface area contributed by atoms with Crippen LogP contribution < -0.4 is 16.0 Å². The minimum Gasteiger partial charge on any atom is -0.363 e. The fourth-order valence-corrected chi connectivity index (χ4v) is 3.59. The van der Waals surface area contributed by atoms with E-state index in [2.05, 4.69) is 44.8 Å². The fourth-order valence-electron chi connectivity index (χ4n) is 2.83. The second-order valence-corrected chi connectivity index (χ2v) is 6.75. The topological polar surface area (TPSA) is 71.2 Å². The van der Waals surface area contributed by atoms with Crippen LogP contribution in [0.15, 0.2) is 35.7 Å². The van der Waals surface area contributed by atoms with Crippen LogP contribution in [0.3, 0.4) is 0 Å². The number of thiazole rings is 1. The van der Waals surface area contributed by atoms with Gasteiger partial charge in [0.15, 0.2) is 5.13 Å². The minimum absolute atomic E-state index is 0.0697. The molecule has 1 aromatic carbocycles. The van der Waals surface area contributed by atoms with Crippen molar-refractivity contribution in [1.29, 1.82) is 0 Å². The zero-order valence-corrected chi connectivity index (χ0v) is 14.1. The van der Waals surface area contributed by atoms with Crippen LogP contribution in [0.4, 0.5) is 10.8 Å². The van der Waals surface area contributed by atoms with Crippen molar-refractivity contribution >= 4 is 28.1 Å². The molecule has 1 aliphatic rings. The molecule has 0 saturated carbocycles. The maximum Gasteiger partial charge on any atom is 0.230 e. The first-order valence-corrected chi connectivity index (χ1v) is 8.85. The fraction of sp³-hybridized carbons (Fsp3) is 0.412. The van der Waals surface area contributed by atoms with Crippen molar-refractivity contribution in [2.75, 3.05) is 23.3 Å². The van der Waals surface area contributed by atoms with Gasteiger partial charge in [-0.25, -0.2) is 4.98 Å². The lowest BCUT2D eigenvalue weighted by Gasteiger charge is -2.25. The first-order chi connectivity index (χ1) is 11.2. The summed E-state index contributed by atoms with van der Waals surface area (Å²) in [6.45, 7) is 3.20. The van der Waals surface area contributed by atoms with E-state index in [9.17, 15) is 4.79 Å². The molecule has 5 nitrogen and oxygen atoms in total. The van der Waals surface area contributed by atoms with E-state index in [4.69, 9.17) is 5.73 Å². The summed E-state index contributed by atoms with van der Waals surface area (Å²) in [7, 11) is 0. The Hall–Kier alpha value is -1.92. The molecule has 3 rings (SSSR count). The summed E-state index contributed by atoms with van der Waals surface area (Å²) in [5.74, 6) is -0.269. The van der Waals surface area contributed by atoms with Gasteiger partial charge in [0.1, 0.15) is 0 Å². The third-order valence-corrected chi connectivity index (χ3v) is 5.01. The van der Waals surface area contributed by atoms with Gasteiger partial charge in [-0.05, 0) is 25.0 Å². The van der Waals surface area contributed by atoms with Gasteiger partial charge in [-0.15, -0.1) is 11.3 Å². The number of carbonyl (C=O) groups excluding carboxylic acids is 1. The normalized spacial score (nSPS) is 18.9. The van der Waals surface area contributed by atoms with Crippen LogP contribution in [0.5, 0.6) is 0 Å². The van der Waals surface area contributed by atoms with Crippen LogP contribution in [0.1, 0.15) is 31.5 Å². The molecule has 1 aliphatic heterocycles. The van der Waals surface area contributed by atoms with Crippen molar-refractivity contribution < 1.29 is 4.79 Å². The summed E-state index contributed by atoms with van der Waals surface area (Å²) >= 11 is 1.48. The summed E-state index contributed by atoms with van der Waals surface area (Å²) in [5.41, 5.74) is 7.79. The van der Waals surface area contributed by atoms with Gasteiger partial charge in [0.2, 0.25) is 5.91 Å². The molecule has 1 aromatic heterocycles. The van der Waals surface area contributed by atoms with E-state index >= 15 is 0 Å². The molecule has 3 N–H and O–H groups in total. The second kappa shape index (κ2) is 7.10. The Morgan fingerprint density at radius 3 is 3.00 bits per heavy atom. The number of hydrogen-bond donors (Lipinski definition) is 2. The van der Waals surface area contributed by atoms with E-state index in [1.807, 2.05) is 13.0 Å². The maximum atomic E-state index is 11.9. The molecule has 0 bridgehead atoms. The molecular formula is C17H22N4OS. The monoisotopic (exact) mass is 330 g/mol. The van der Waals surface area contributed by atoms with Gasteiger partial charge in [0.05, 0.1) is 11.7 Å². The molecule has 0 aliphatic carbocycles. The number of nitrogens with zero attached hydrogens (tertiary/aromatic N) is 2. The minimum atomic E-state index is -0.199. The number of hydrogen-bond acceptors (Lipinski definition) is 5. The number of aromatic nitrogens is 1. The molecule has 2 aromatic rings. The highest BCUT2D eigenvalue weighted by Gasteiger charge is 2.28. The number of carbonyl (C=O) groups is 1. The number of nitrogens with two attached hydrogens (primary N) is 1. The Bertz CT molecular complexity index is 658. The largest absolute Gasteiger partial charge is 0.363 e. The molecule has 2 atom stereocenters. The molecule has 1 saturated heterocycles. The van der Waals surface area contributed by atoms with Crippen LogP contribution in [0.2, 0.25) is 0 Å². The summed E-state index contributed by atoms with van der Waals surface area (Å²) in [5, 5.41) is 5.57. The van der Waals surface area contributed by atoms with Crippen LogP contribution in [-0.4, -0.2) is 24.0 Å². The highest BCUT2D eigenvalue weighted by Crippen LogP contribution is 2.37.